The molecule has 0 fully saturated rings. The number of aryl methyl sites for hydroxylation is 3. The van der Waals surface area contributed by atoms with Gasteiger partial charge in [-0.2, -0.15) is 0 Å². The summed E-state index contributed by atoms with van der Waals surface area (Å²) in [4.78, 5) is 15.4. The van der Waals surface area contributed by atoms with Crippen LogP contribution in [0.1, 0.15) is 39.1 Å². The highest BCUT2D eigenvalue weighted by Crippen LogP contribution is 2.56. The Morgan fingerprint density at radius 2 is 0.988 bits per heavy atom. The highest BCUT2D eigenvalue weighted by Gasteiger charge is 2.47. The molecule has 0 aliphatic heterocycles. The monoisotopic (exact) mass is 1020 g/mol. The minimum Gasteiger partial charge on any atom is -0.354 e. The first-order valence-corrected chi connectivity index (χ1v) is 27.6. The first kappa shape index (κ1) is 47.1. The molecule has 0 amide bonds. The van der Waals surface area contributed by atoms with Gasteiger partial charge in [-0.3, -0.25) is 9.55 Å². The topological polar surface area (TPSA) is 46.5 Å². The van der Waals surface area contributed by atoms with E-state index in [1.165, 1.54) is 55.5 Å². The highest BCUT2D eigenvalue weighted by atomic mass is 15.1. The molecule has 11 aromatic carbocycles. The standard InChI is InChI=1S/C76H54N4/c1-48-42-49(2)70(50(3)43-48)63-34-21-37-68-71(63)64-45-56(52-24-10-5-11-25-52)46-65(72(64)78-68)75-79-73-59(38-39-60(53-26-12-6-13-27-53)74(73)80(75)58-30-14-7-15-31-58)55-28-20-29-57(44-55)76(69-47-54(40-41-77-69)51-22-8-4-9-23-51)66-35-18-16-32-61(66)62-33-17-19-36-67(62)76/h4-47,78H,1-3H3. The quantitative estimate of drug-likeness (QED) is 0.157. The van der Waals surface area contributed by atoms with Gasteiger partial charge in [0.2, 0.25) is 0 Å². The molecular formula is C76H54N4. The normalized spacial score (nSPS) is 12.5. The van der Waals surface area contributed by atoms with Crippen LogP contribution in [0.5, 0.6) is 0 Å². The molecule has 4 nitrogen and oxygen atoms in total. The summed E-state index contributed by atoms with van der Waals surface area (Å²) in [5.41, 5.74) is 27.5. The van der Waals surface area contributed by atoms with Crippen molar-refractivity contribution in [2.75, 3.05) is 0 Å². The third kappa shape index (κ3) is 7.37. The van der Waals surface area contributed by atoms with E-state index in [0.29, 0.717) is 0 Å². The first-order valence-electron chi connectivity index (χ1n) is 27.6. The summed E-state index contributed by atoms with van der Waals surface area (Å²) in [5.74, 6) is 0.850. The minimum atomic E-state index is -0.737. The summed E-state index contributed by atoms with van der Waals surface area (Å²) in [6.07, 6.45) is 1.98. The van der Waals surface area contributed by atoms with Crippen molar-refractivity contribution < 1.29 is 0 Å². The van der Waals surface area contributed by atoms with Gasteiger partial charge >= 0.3 is 0 Å². The lowest BCUT2D eigenvalue weighted by atomic mass is 9.69. The van der Waals surface area contributed by atoms with Crippen LogP contribution in [0.25, 0.3) is 117 Å². The van der Waals surface area contributed by atoms with Gasteiger partial charge in [-0.05, 0) is 153 Å². The Kier molecular flexibility index (Phi) is 11.1. The van der Waals surface area contributed by atoms with E-state index < -0.39 is 5.41 Å². The van der Waals surface area contributed by atoms with Crippen molar-refractivity contribution in [2.45, 2.75) is 26.2 Å². The summed E-state index contributed by atoms with van der Waals surface area (Å²) in [7, 11) is 0. The zero-order chi connectivity index (χ0) is 53.5. The second-order valence-corrected chi connectivity index (χ2v) is 21.5. The molecule has 378 valence electrons. The van der Waals surface area contributed by atoms with Gasteiger partial charge < -0.3 is 4.98 Å². The highest BCUT2D eigenvalue weighted by molar-refractivity contribution is 6.19. The van der Waals surface area contributed by atoms with Crippen LogP contribution in [-0.2, 0) is 5.41 Å². The maximum atomic E-state index is 6.05. The Balaban J connectivity index is 1.03. The van der Waals surface area contributed by atoms with E-state index in [0.717, 1.165) is 100 Å². The molecule has 0 spiro atoms. The van der Waals surface area contributed by atoms with E-state index in [9.17, 15) is 0 Å². The lowest BCUT2D eigenvalue weighted by Crippen LogP contribution is -2.29. The van der Waals surface area contributed by atoms with Crippen molar-refractivity contribution in [2.24, 2.45) is 0 Å². The number of hydrogen-bond donors (Lipinski definition) is 1. The van der Waals surface area contributed by atoms with Crippen LogP contribution >= 0.6 is 0 Å². The Labute approximate surface area is 466 Å². The fraction of sp³-hybridized carbons (Fsp3) is 0.0526. The number of nitrogens with zero attached hydrogens (tertiary/aromatic N) is 3. The summed E-state index contributed by atoms with van der Waals surface area (Å²) in [6, 6.07) is 95.2. The Hall–Kier alpha value is -10.2. The smallest absolute Gasteiger partial charge is 0.147 e. The largest absolute Gasteiger partial charge is 0.354 e. The molecule has 0 unspecified atom stereocenters. The van der Waals surface area contributed by atoms with Gasteiger partial charge in [-0.25, -0.2) is 4.98 Å². The molecule has 0 bridgehead atoms. The lowest BCUT2D eigenvalue weighted by Gasteiger charge is -2.33. The molecule has 0 saturated carbocycles. The molecule has 4 heteroatoms. The van der Waals surface area contributed by atoms with Crippen LogP contribution < -0.4 is 0 Å². The second-order valence-electron chi connectivity index (χ2n) is 21.5. The number of H-pyrrole nitrogens is 1. The fourth-order valence-electron chi connectivity index (χ4n) is 13.5. The molecule has 80 heavy (non-hydrogen) atoms. The van der Waals surface area contributed by atoms with Crippen molar-refractivity contribution in [1.29, 1.82) is 0 Å². The van der Waals surface area contributed by atoms with Crippen molar-refractivity contribution in [3.05, 3.63) is 306 Å². The molecular weight excluding hydrogens is 969 g/mol. The third-order valence-electron chi connectivity index (χ3n) is 16.7. The second kappa shape index (κ2) is 18.8. The number of fused-ring (bicyclic) bond motifs is 7. The molecule has 15 rings (SSSR count). The maximum absolute atomic E-state index is 6.05. The summed E-state index contributed by atoms with van der Waals surface area (Å²) < 4.78 is 2.42. The van der Waals surface area contributed by atoms with Gasteiger partial charge in [-0.1, -0.05) is 218 Å². The Morgan fingerprint density at radius 1 is 0.412 bits per heavy atom. The summed E-state index contributed by atoms with van der Waals surface area (Å²) in [6.45, 7) is 6.68. The van der Waals surface area contributed by atoms with Crippen molar-refractivity contribution in [1.82, 2.24) is 19.5 Å². The van der Waals surface area contributed by atoms with E-state index in [1.54, 1.807) is 0 Å². The molecule has 1 aliphatic carbocycles. The van der Waals surface area contributed by atoms with Gasteiger partial charge in [0, 0.05) is 44.9 Å². The van der Waals surface area contributed by atoms with Gasteiger partial charge in [0.25, 0.3) is 0 Å². The number of para-hydroxylation sites is 1. The van der Waals surface area contributed by atoms with Crippen molar-refractivity contribution >= 4 is 32.8 Å². The van der Waals surface area contributed by atoms with E-state index in [2.05, 4.69) is 291 Å². The molecule has 3 aromatic heterocycles. The van der Waals surface area contributed by atoms with Crippen LogP contribution in [0.15, 0.2) is 267 Å². The van der Waals surface area contributed by atoms with Gasteiger partial charge in [0.05, 0.1) is 27.7 Å². The van der Waals surface area contributed by atoms with Crippen LogP contribution in [0.3, 0.4) is 0 Å². The van der Waals surface area contributed by atoms with Crippen LogP contribution in [-0.4, -0.2) is 19.5 Å². The van der Waals surface area contributed by atoms with Crippen molar-refractivity contribution in [3.8, 4) is 83.8 Å². The molecule has 0 radical (unpaired) electrons. The number of benzene rings is 11. The Bertz CT molecular complexity index is 4650. The number of pyridine rings is 1. The molecule has 1 N–H and O–H groups in total. The predicted octanol–water partition coefficient (Wildman–Crippen LogP) is 19.3. The molecule has 3 heterocycles. The van der Waals surface area contributed by atoms with Crippen LogP contribution in [0.4, 0.5) is 0 Å². The zero-order valence-electron chi connectivity index (χ0n) is 44.7. The van der Waals surface area contributed by atoms with E-state index in [1.807, 2.05) is 6.20 Å². The van der Waals surface area contributed by atoms with Gasteiger partial charge in [0.15, 0.2) is 0 Å². The van der Waals surface area contributed by atoms with Gasteiger partial charge in [-0.15, -0.1) is 0 Å². The van der Waals surface area contributed by atoms with Crippen LogP contribution in [0, 0.1) is 20.8 Å². The lowest BCUT2D eigenvalue weighted by molar-refractivity contribution is 0.735. The predicted molar refractivity (Wildman–Crippen MR) is 332 cm³/mol. The van der Waals surface area contributed by atoms with Gasteiger partial charge in [0.1, 0.15) is 5.82 Å². The van der Waals surface area contributed by atoms with E-state index in [-0.39, 0.29) is 0 Å². The van der Waals surface area contributed by atoms with Crippen LogP contribution in [0.2, 0.25) is 0 Å². The van der Waals surface area contributed by atoms with E-state index in [4.69, 9.17) is 9.97 Å². The third-order valence-corrected chi connectivity index (χ3v) is 16.7. The number of nitrogens with one attached hydrogen (secondary N) is 1. The molecule has 0 saturated heterocycles. The number of hydrogen-bond acceptors (Lipinski definition) is 2. The van der Waals surface area contributed by atoms with Crippen molar-refractivity contribution in [3.63, 3.8) is 0 Å². The fourth-order valence-corrected chi connectivity index (χ4v) is 13.5. The first-order chi connectivity index (χ1) is 39.4. The minimum absolute atomic E-state index is 0.737. The summed E-state index contributed by atoms with van der Waals surface area (Å²) >= 11 is 0. The number of aromatic nitrogens is 4. The molecule has 14 aromatic rings. The molecule has 0 atom stereocenters. The van der Waals surface area contributed by atoms with E-state index >= 15 is 0 Å². The number of aromatic amines is 1. The average molecular weight is 1020 g/mol. The number of imidazole rings is 1. The zero-order valence-corrected chi connectivity index (χ0v) is 44.7. The average Bonchev–Trinajstić information content (AvgIpc) is 4.26. The maximum Gasteiger partial charge on any atom is 0.147 e. The Morgan fingerprint density at radius 3 is 1.68 bits per heavy atom. The number of rotatable bonds is 9. The molecule has 1 aliphatic rings. The summed E-state index contributed by atoms with van der Waals surface area (Å²) in [5, 5.41) is 2.36. The SMILES string of the molecule is Cc1cc(C)c(-c2cccc3[nH]c4c(-c5nc6c(-c7cccc(C8(c9cc(-c%10ccccc%10)ccn9)c9ccccc9-c9ccccc98)c7)ccc(-c7ccccc7)c6n5-c5ccccc5)cc(-c5ccccc5)cc4c23)c(C)c1.